The summed E-state index contributed by atoms with van der Waals surface area (Å²) in [6.45, 7) is 4.99. The molecule has 1 atom stereocenters. The molecule has 2 fully saturated rings. The van der Waals surface area contributed by atoms with E-state index in [1.807, 2.05) is 19.2 Å². The molecule has 0 radical (unpaired) electrons. The summed E-state index contributed by atoms with van der Waals surface area (Å²) in [6, 6.07) is 11.2. The van der Waals surface area contributed by atoms with Gasteiger partial charge in [-0.25, -0.2) is 13.8 Å². The lowest BCUT2D eigenvalue weighted by atomic mass is 10.1. The van der Waals surface area contributed by atoms with Gasteiger partial charge in [0, 0.05) is 31.8 Å². The van der Waals surface area contributed by atoms with Crippen LogP contribution in [0.3, 0.4) is 0 Å². The minimum Gasteiger partial charge on any atom is -0.497 e. The molecule has 9 nitrogen and oxygen atoms in total. The molecule has 2 saturated heterocycles. The number of likely N-dealkylation sites (N-methyl/N-ethyl adjacent to an activating group) is 1. The minimum atomic E-state index is -0.741. The van der Waals surface area contributed by atoms with Crippen molar-refractivity contribution in [2.75, 3.05) is 40.8 Å². The van der Waals surface area contributed by atoms with Crippen molar-refractivity contribution >= 4 is 18.2 Å². The number of hydrazine groups is 1. The van der Waals surface area contributed by atoms with Crippen LogP contribution in [0.4, 0.5) is 8.78 Å². The highest BCUT2D eigenvalue weighted by Crippen LogP contribution is 2.22. The van der Waals surface area contributed by atoms with E-state index in [9.17, 15) is 23.2 Å². The van der Waals surface area contributed by atoms with E-state index in [-0.39, 0.29) is 43.6 Å². The summed E-state index contributed by atoms with van der Waals surface area (Å²) in [5.74, 6) is -1.13. The highest BCUT2D eigenvalue weighted by molar-refractivity contribution is 5.88. The Hall–Kier alpha value is -3.57. The zero-order valence-electron chi connectivity index (χ0n) is 22.6. The van der Waals surface area contributed by atoms with E-state index in [1.165, 1.54) is 37.9 Å². The molecule has 11 heteroatoms. The number of hydrogen-bond donors (Lipinski definition) is 1. The molecule has 3 amide bonds. The SMILES string of the molecule is CCC.CN1CC(=O)N2CC(=O)N(Cc3ccc(F)cc3F)CC2N1C=O.CNCc1ccc(OC)cc1. The van der Waals surface area contributed by atoms with Crippen LogP contribution in [0.15, 0.2) is 42.5 Å². The molecular formula is C27H37F2N5O4. The van der Waals surface area contributed by atoms with E-state index >= 15 is 0 Å². The zero-order chi connectivity index (χ0) is 28.2. The normalized spacial score (nSPS) is 17.1. The van der Waals surface area contributed by atoms with Crippen molar-refractivity contribution in [1.29, 1.82) is 0 Å². The molecule has 0 aromatic heterocycles. The number of rotatable bonds is 6. The van der Waals surface area contributed by atoms with Crippen LogP contribution < -0.4 is 10.1 Å². The summed E-state index contributed by atoms with van der Waals surface area (Å²) in [7, 11) is 5.21. The Morgan fingerprint density at radius 1 is 1.05 bits per heavy atom. The molecule has 0 spiro atoms. The molecule has 2 aliphatic rings. The Morgan fingerprint density at radius 3 is 2.26 bits per heavy atom. The van der Waals surface area contributed by atoms with Gasteiger partial charge < -0.3 is 19.9 Å². The van der Waals surface area contributed by atoms with Crippen molar-refractivity contribution in [3.8, 4) is 5.75 Å². The third kappa shape index (κ3) is 8.22. The number of fused-ring (bicyclic) bond motifs is 1. The van der Waals surface area contributed by atoms with Gasteiger partial charge in [0.2, 0.25) is 18.2 Å². The van der Waals surface area contributed by atoms with Crippen molar-refractivity contribution in [3.63, 3.8) is 0 Å². The minimum absolute atomic E-state index is 0.00904. The van der Waals surface area contributed by atoms with E-state index in [2.05, 4.69) is 31.3 Å². The monoisotopic (exact) mass is 533 g/mol. The van der Waals surface area contributed by atoms with Crippen LogP contribution in [0.2, 0.25) is 0 Å². The summed E-state index contributed by atoms with van der Waals surface area (Å²) in [4.78, 5) is 38.4. The number of benzene rings is 2. The third-order valence-electron chi connectivity index (χ3n) is 5.81. The summed E-state index contributed by atoms with van der Waals surface area (Å²) >= 11 is 0. The summed E-state index contributed by atoms with van der Waals surface area (Å²) in [5.41, 5.74) is 1.44. The molecule has 2 aromatic carbocycles. The third-order valence-corrected chi connectivity index (χ3v) is 5.81. The molecule has 1 unspecified atom stereocenters. The number of amides is 3. The first-order valence-electron chi connectivity index (χ1n) is 12.4. The first kappa shape index (κ1) is 30.7. The molecule has 0 saturated carbocycles. The lowest BCUT2D eigenvalue weighted by molar-refractivity contribution is -0.189. The standard InChI is InChI=1S/C15H16F2N4O3.C9H13NO.C3H8/c1-18-7-15(24)20-8-14(23)19(6-13(20)21(18)9-22)5-10-2-3-11(16)4-12(10)17;1-10-7-8-3-5-9(11-2)6-4-8;1-3-2/h2-4,9,13H,5-8H2,1H3;3-6,10H,7H2,1-2H3;3H2,1-2H3. The maximum atomic E-state index is 13.8. The van der Waals surface area contributed by atoms with E-state index < -0.39 is 17.8 Å². The summed E-state index contributed by atoms with van der Waals surface area (Å²) in [6.07, 6.45) is 1.21. The molecule has 38 heavy (non-hydrogen) atoms. The van der Waals surface area contributed by atoms with Gasteiger partial charge in [0.15, 0.2) is 0 Å². The van der Waals surface area contributed by atoms with E-state index in [0.29, 0.717) is 6.41 Å². The van der Waals surface area contributed by atoms with Crippen LogP contribution in [0.5, 0.6) is 5.75 Å². The second-order valence-electron chi connectivity index (χ2n) is 8.90. The fraction of sp³-hybridized carbons (Fsp3) is 0.444. The summed E-state index contributed by atoms with van der Waals surface area (Å²) < 4.78 is 31.8. The second-order valence-corrected chi connectivity index (χ2v) is 8.90. The lowest BCUT2D eigenvalue weighted by Gasteiger charge is -2.50. The molecule has 4 rings (SSSR count). The van der Waals surface area contributed by atoms with Gasteiger partial charge in [-0.15, -0.1) is 0 Å². The first-order chi connectivity index (χ1) is 18.2. The molecule has 2 aliphatic heterocycles. The Kier molecular flexibility index (Phi) is 12.1. The predicted molar refractivity (Wildman–Crippen MR) is 140 cm³/mol. The average Bonchev–Trinajstić information content (AvgIpc) is 2.88. The highest BCUT2D eigenvalue weighted by atomic mass is 19.1. The van der Waals surface area contributed by atoms with Crippen molar-refractivity contribution in [1.82, 2.24) is 25.1 Å². The van der Waals surface area contributed by atoms with Crippen LogP contribution in [-0.2, 0) is 27.5 Å². The number of nitrogens with one attached hydrogen (secondary N) is 1. The molecule has 1 N–H and O–H groups in total. The van der Waals surface area contributed by atoms with Crippen LogP contribution in [0, 0.1) is 11.6 Å². The van der Waals surface area contributed by atoms with E-state index in [0.717, 1.165) is 24.4 Å². The topological polar surface area (TPSA) is 85.4 Å². The van der Waals surface area contributed by atoms with E-state index in [4.69, 9.17) is 4.74 Å². The Labute approximate surface area is 222 Å². The number of piperazine rings is 1. The lowest BCUT2D eigenvalue weighted by Crippen LogP contribution is -2.70. The smallest absolute Gasteiger partial charge is 0.242 e. The fourth-order valence-electron chi connectivity index (χ4n) is 3.93. The molecule has 2 aromatic rings. The van der Waals surface area contributed by atoms with Crippen molar-refractivity contribution < 1.29 is 27.9 Å². The molecule has 0 bridgehead atoms. The number of carbonyl (C=O) groups is 3. The van der Waals surface area contributed by atoms with Gasteiger partial charge in [-0.3, -0.25) is 19.4 Å². The second kappa shape index (κ2) is 15.0. The average molecular weight is 534 g/mol. The molecule has 2 heterocycles. The Morgan fingerprint density at radius 2 is 1.71 bits per heavy atom. The van der Waals surface area contributed by atoms with Crippen molar-refractivity contribution in [2.24, 2.45) is 0 Å². The van der Waals surface area contributed by atoms with Crippen LogP contribution in [0.25, 0.3) is 0 Å². The molecular weight excluding hydrogens is 496 g/mol. The number of carbonyl (C=O) groups excluding carboxylic acids is 3. The van der Waals surface area contributed by atoms with Gasteiger partial charge in [-0.1, -0.05) is 38.5 Å². The molecule has 0 aliphatic carbocycles. The van der Waals surface area contributed by atoms with Crippen LogP contribution in [0.1, 0.15) is 31.4 Å². The number of halogens is 2. The number of nitrogens with zero attached hydrogens (tertiary/aromatic N) is 4. The summed E-state index contributed by atoms with van der Waals surface area (Å²) in [5, 5.41) is 5.89. The number of hydrogen-bond acceptors (Lipinski definition) is 6. The van der Waals surface area contributed by atoms with Crippen LogP contribution >= 0.6 is 0 Å². The van der Waals surface area contributed by atoms with Gasteiger partial charge >= 0.3 is 0 Å². The van der Waals surface area contributed by atoms with Gasteiger partial charge in [-0.05, 0) is 30.8 Å². The predicted octanol–water partition coefficient (Wildman–Crippen LogP) is 2.61. The zero-order valence-corrected chi connectivity index (χ0v) is 22.6. The Balaban J connectivity index is 0.000000302. The van der Waals surface area contributed by atoms with Crippen molar-refractivity contribution in [2.45, 2.75) is 39.5 Å². The largest absolute Gasteiger partial charge is 0.497 e. The quantitative estimate of drug-likeness (QED) is 0.575. The van der Waals surface area contributed by atoms with Gasteiger partial charge in [-0.2, -0.15) is 0 Å². The van der Waals surface area contributed by atoms with Crippen molar-refractivity contribution in [3.05, 3.63) is 65.2 Å². The van der Waals surface area contributed by atoms with Gasteiger partial charge in [0.05, 0.1) is 20.2 Å². The maximum Gasteiger partial charge on any atom is 0.242 e. The van der Waals surface area contributed by atoms with Crippen LogP contribution in [-0.4, -0.2) is 85.0 Å². The number of methoxy groups -OCH3 is 1. The molecule has 208 valence electrons. The highest BCUT2D eigenvalue weighted by Gasteiger charge is 2.43. The van der Waals surface area contributed by atoms with Gasteiger partial charge in [0.25, 0.3) is 0 Å². The maximum absolute atomic E-state index is 13.8. The number of ether oxygens (including phenoxy) is 1. The first-order valence-corrected chi connectivity index (χ1v) is 12.4. The Bertz CT molecular complexity index is 1070. The van der Waals surface area contributed by atoms with Gasteiger partial charge in [0.1, 0.15) is 30.1 Å². The van der Waals surface area contributed by atoms with E-state index in [1.54, 1.807) is 14.2 Å². The fourth-order valence-corrected chi connectivity index (χ4v) is 3.93.